The first-order valence-corrected chi connectivity index (χ1v) is 9.16. The minimum Gasteiger partial charge on any atom is -0.447 e. The Hall–Kier alpha value is -3.95. The predicted octanol–water partition coefficient (Wildman–Crippen LogP) is 2.53. The van der Waals surface area contributed by atoms with E-state index in [0.717, 1.165) is 0 Å². The topological polar surface area (TPSA) is 140 Å². The Morgan fingerprint density at radius 1 is 1.07 bits per heavy atom. The molecule has 10 nitrogen and oxygen atoms in total. The van der Waals surface area contributed by atoms with Gasteiger partial charge in [0, 0.05) is 31.6 Å². The number of urea groups is 1. The Morgan fingerprint density at radius 3 is 2.40 bits per heavy atom. The van der Waals surface area contributed by atoms with E-state index in [4.69, 9.17) is 4.74 Å². The fraction of sp³-hybridized carbons (Fsp3) is 0.250. The summed E-state index contributed by atoms with van der Waals surface area (Å²) in [6, 6.07) is 13.8. The van der Waals surface area contributed by atoms with Crippen LogP contribution in [0.5, 0.6) is 0 Å². The van der Waals surface area contributed by atoms with Crippen LogP contribution in [0.3, 0.4) is 0 Å². The number of nitro benzene ring substituents is 1. The molecule has 0 spiro atoms. The number of esters is 1. The van der Waals surface area contributed by atoms with Crippen LogP contribution in [0.4, 0.5) is 16.2 Å². The third-order valence-electron chi connectivity index (χ3n) is 4.03. The average Bonchev–Trinajstić information content (AvgIpc) is 2.75. The average molecular weight is 414 g/mol. The number of rotatable bonds is 9. The number of carbonyl (C=O) groups is 3. The highest BCUT2D eigenvalue weighted by molar-refractivity contribution is 5.97. The van der Waals surface area contributed by atoms with Crippen LogP contribution in [-0.4, -0.2) is 36.4 Å². The predicted molar refractivity (Wildman–Crippen MR) is 109 cm³/mol. The van der Waals surface area contributed by atoms with Gasteiger partial charge in [0.1, 0.15) is 5.69 Å². The van der Waals surface area contributed by atoms with E-state index in [2.05, 4.69) is 16.0 Å². The van der Waals surface area contributed by atoms with Crippen LogP contribution in [0.25, 0.3) is 0 Å². The molecule has 0 radical (unpaired) electrons. The summed E-state index contributed by atoms with van der Waals surface area (Å²) in [7, 11) is 1.36. The van der Waals surface area contributed by atoms with Crippen LogP contribution in [0.1, 0.15) is 24.5 Å². The lowest BCUT2D eigenvalue weighted by molar-refractivity contribution is -0.384. The lowest BCUT2D eigenvalue weighted by Crippen LogP contribution is -2.41. The molecule has 158 valence electrons. The fourth-order valence-electron chi connectivity index (χ4n) is 2.57. The van der Waals surface area contributed by atoms with E-state index in [1.807, 2.05) is 0 Å². The Bertz CT molecular complexity index is 903. The summed E-state index contributed by atoms with van der Waals surface area (Å²) in [5.74, 6) is -1.41. The van der Waals surface area contributed by atoms with Gasteiger partial charge in [0.25, 0.3) is 11.6 Å². The van der Waals surface area contributed by atoms with Crippen molar-refractivity contribution in [3.05, 3.63) is 70.3 Å². The number of carbonyl (C=O) groups excluding carboxylic acids is 3. The standard InChI is InChI=1S/C20H22N4O6/c1-21-20(27)23-19(26)18(14-8-3-2-4-9-14)30-17(25)12-7-13-22-15-10-5-6-11-16(15)24(28)29/h2-6,8-11,18,22H,7,12-13H2,1H3,(H2,21,23,26,27)/t18-/m1/s1. The smallest absolute Gasteiger partial charge is 0.321 e. The van der Waals surface area contributed by atoms with Gasteiger partial charge in [0.2, 0.25) is 6.10 Å². The molecule has 2 rings (SSSR count). The van der Waals surface area contributed by atoms with Gasteiger partial charge < -0.3 is 15.4 Å². The van der Waals surface area contributed by atoms with E-state index in [1.165, 1.54) is 13.1 Å². The summed E-state index contributed by atoms with van der Waals surface area (Å²) in [5.41, 5.74) is 0.711. The number of hydrogen-bond donors (Lipinski definition) is 3. The Balaban J connectivity index is 1.92. The molecule has 0 aliphatic rings. The number of anilines is 1. The molecule has 0 heterocycles. The maximum atomic E-state index is 12.3. The van der Waals surface area contributed by atoms with Gasteiger partial charge in [-0.1, -0.05) is 42.5 Å². The van der Waals surface area contributed by atoms with E-state index < -0.39 is 28.9 Å². The zero-order chi connectivity index (χ0) is 21.9. The van der Waals surface area contributed by atoms with Crippen molar-refractivity contribution in [1.82, 2.24) is 10.6 Å². The molecule has 0 saturated heterocycles. The SMILES string of the molecule is CNC(=O)NC(=O)[C@H](OC(=O)CCCNc1ccccc1[N+](=O)[O-])c1ccccc1. The number of hydrogen-bond acceptors (Lipinski definition) is 7. The van der Waals surface area contributed by atoms with Crippen LogP contribution < -0.4 is 16.0 Å². The van der Waals surface area contributed by atoms with Crippen LogP contribution in [0, 0.1) is 10.1 Å². The molecule has 0 fully saturated rings. The second kappa shape index (κ2) is 11.1. The van der Waals surface area contributed by atoms with Crippen molar-refractivity contribution >= 4 is 29.3 Å². The van der Waals surface area contributed by atoms with Crippen LogP contribution >= 0.6 is 0 Å². The van der Waals surface area contributed by atoms with Crippen molar-refractivity contribution in [2.75, 3.05) is 18.9 Å². The third kappa shape index (κ3) is 6.59. The highest BCUT2D eigenvalue weighted by Crippen LogP contribution is 2.23. The highest BCUT2D eigenvalue weighted by atomic mass is 16.6. The normalized spacial score (nSPS) is 11.1. The fourth-order valence-corrected chi connectivity index (χ4v) is 2.57. The van der Waals surface area contributed by atoms with E-state index >= 15 is 0 Å². The Kier molecular flexibility index (Phi) is 8.30. The number of nitrogens with zero attached hydrogens (tertiary/aromatic N) is 1. The Morgan fingerprint density at radius 2 is 1.73 bits per heavy atom. The number of amides is 3. The molecule has 1 atom stereocenters. The molecule has 30 heavy (non-hydrogen) atoms. The molecule has 2 aromatic rings. The highest BCUT2D eigenvalue weighted by Gasteiger charge is 2.26. The van der Waals surface area contributed by atoms with Crippen LogP contribution in [-0.2, 0) is 14.3 Å². The maximum absolute atomic E-state index is 12.3. The summed E-state index contributed by atoms with van der Waals surface area (Å²) < 4.78 is 5.29. The first kappa shape index (κ1) is 22.3. The van der Waals surface area contributed by atoms with E-state index in [9.17, 15) is 24.5 Å². The molecule has 0 aliphatic heterocycles. The first-order valence-electron chi connectivity index (χ1n) is 9.16. The van der Waals surface area contributed by atoms with Gasteiger partial charge in [-0.25, -0.2) is 4.79 Å². The summed E-state index contributed by atoms with van der Waals surface area (Å²) in [4.78, 5) is 46.5. The van der Waals surface area contributed by atoms with Crippen molar-refractivity contribution in [3.63, 3.8) is 0 Å². The molecule has 3 N–H and O–H groups in total. The maximum Gasteiger partial charge on any atom is 0.321 e. The molecular formula is C20H22N4O6. The van der Waals surface area contributed by atoms with Crippen molar-refractivity contribution in [2.45, 2.75) is 18.9 Å². The van der Waals surface area contributed by atoms with Crippen molar-refractivity contribution in [1.29, 1.82) is 0 Å². The van der Waals surface area contributed by atoms with E-state index in [-0.39, 0.29) is 12.1 Å². The van der Waals surface area contributed by atoms with E-state index in [0.29, 0.717) is 24.2 Å². The number of nitro groups is 1. The van der Waals surface area contributed by atoms with Gasteiger partial charge in [0.15, 0.2) is 0 Å². The number of imide groups is 1. The lowest BCUT2D eigenvalue weighted by Gasteiger charge is -2.17. The molecule has 2 aromatic carbocycles. The van der Waals surface area contributed by atoms with Crippen molar-refractivity contribution in [2.24, 2.45) is 0 Å². The quantitative estimate of drug-likeness (QED) is 0.248. The van der Waals surface area contributed by atoms with Crippen LogP contribution in [0.15, 0.2) is 54.6 Å². The van der Waals surface area contributed by atoms with Gasteiger partial charge in [-0.2, -0.15) is 0 Å². The van der Waals surface area contributed by atoms with Crippen molar-refractivity contribution in [3.8, 4) is 0 Å². The molecule has 0 unspecified atom stereocenters. The number of benzene rings is 2. The number of nitrogens with one attached hydrogen (secondary N) is 3. The molecular weight excluding hydrogens is 392 g/mol. The molecule has 0 aliphatic carbocycles. The first-order chi connectivity index (χ1) is 14.4. The minimum absolute atomic E-state index is 0.0236. The largest absolute Gasteiger partial charge is 0.447 e. The zero-order valence-electron chi connectivity index (χ0n) is 16.3. The van der Waals surface area contributed by atoms with Gasteiger partial charge in [-0.15, -0.1) is 0 Å². The molecule has 0 aromatic heterocycles. The lowest BCUT2D eigenvalue weighted by atomic mass is 10.1. The van der Waals surface area contributed by atoms with Gasteiger partial charge in [-0.3, -0.25) is 25.0 Å². The summed E-state index contributed by atoms with van der Waals surface area (Å²) in [6.45, 7) is 0.292. The number of para-hydroxylation sites is 2. The van der Waals surface area contributed by atoms with Gasteiger partial charge in [0.05, 0.1) is 4.92 Å². The van der Waals surface area contributed by atoms with Crippen LogP contribution in [0.2, 0.25) is 0 Å². The van der Waals surface area contributed by atoms with E-state index in [1.54, 1.807) is 48.5 Å². The van der Waals surface area contributed by atoms with Gasteiger partial charge >= 0.3 is 12.0 Å². The molecule has 10 heteroatoms. The molecule has 0 bridgehead atoms. The third-order valence-corrected chi connectivity index (χ3v) is 4.03. The minimum atomic E-state index is -1.28. The summed E-state index contributed by atoms with van der Waals surface area (Å²) in [6.07, 6.45) is -0.979. The molecule has 0 saturated carbocycles. The zero-order valence-corrected chi connectivity index (χ0v) is 16.3. The second-order valence-electron chi connectivity index (χ2n) is 6.15. The number of ether oxygens (including phenoxy) is 1. The summed E-state index contributed by atoms with van der Waals surface area (Å²) in [5, 5.41) is 18.3. The Labute approximate surface area is 172 Å². The van der Waals surface area contributed by atoms with Crippen molar-refractivity contribution < 1.29 is 24.0 Å². The second-order valence-corrected chi connectivity index (χ2v) is 6.15. The molecule has 3 amide bonds. The monoisotopic (exact) mass is 414 g/mol. The summed E-state index contributed by atoms with van der Waals surface area (Å²) >= 11 is 0. The van der Waals surface area contributed by atoms with Gasteiger partial charge in [-0.05, 0) is 12.5 Å².